The average Bonchev–Trinajstić information content (AvgIpc) is 3.54. The molecule has 0 fully saturated rings. The van der Waals surface area contributed by atoms with E-state index in [0.29, 0.717) is 0 Å². The van der Waals surface area contributed by atoms with Gasteiger partial charge < -0.3 is 0 Å². The van der Waals surface area contributed by atoms with Crippen molar-refractivity contribution in [2.24, 2.45) is 0 Å². The molecular weight excluding hydrogens is 492 g/mol. The standard InChI is InChI=1S/C36H46N2S/c1-4-6-8-10-12-14-23-36(24-15-13-11-9-7-5-2)32-25-27(3)19-21-30(32)31-22-20-28(26-33(31)36)29-17-16-18-34-35(29)38-39-37-34/h16-22,25-26H,4-15,23-24H2,1-3H3. The molecule has 0 unspecified atom stereocenters. The van der Waals surface area contributed by atoms with Crippen molar-refractivity contribution in [3.8, 4) is 22.3 Å². The number of rotatable bonds is 15. The molecule has 39 heavy (non-hydrogen) atoms. The normalized spacial score (nSPS) is 13.6. The summed E-state index contributed by atoms with van der Waals surface area (Å²) in [6, 6.07) is 20.9. The van der Waals surface area contributed by atoms with E-state index in [4.69, 9.17) is 0 Å². The van der Waals surface area contributed by atoms with Crippen LogP contribution in [0.4, 0.5) is 0 Å². The van der Waals surface area contributed by atoms with Gasteiger partial charge in [0.05, 0.1) is 11.7 Å². The molecule has 1 heterocycles. The lowest BCUT2D eigenvalue weighted by Gasteiger charge is -2.33. The van der Waals surface area contributed by atoms with Gasteiger partial charge in [0.15, 0.2) is 0 Å². The van der Waals surface area contributed by atoms with Gasteiger partial charge in [0.2, 0.25) is 0 Å². The van der Waals surface area contributed by atoms with Crippen LogP contribution in [0.1, 0.15) is 120 Å². The number of fused-ring (bicyclic) bond motifs is 4. The smallest absolute Gasteiger partial charge is 0.112 e. The minimum Gasteiger partial charge on any atom is -0.173 e. The lowest BCUT2D eigenvalue weighted by molar-refractivity contribution is 0.398. The topological polar surface area (TPSA) is 25.8 Å². The third-order valence-corrected chi connectivity index (χ3v) is 9.57. The lowest BCUT2D eigenvalue weighted by Crippen LogP contribution is -2.25. The maximum Gasteiger partial charge on any atom is 0.112 e. The van der Waals surface area contributed by atoms with Crippen LogP contribution in [0.2, 0.25) is 0 Å². The van der Waals surface area contributed by atoms with Gasteiger partial charge in [-0.05, 0) is 59.7 Å². The zero-order valence-electron chi connectivity index (χ0n) is 24.4. The summed E-state index contributed by atoms with van der Waals surface area (Å²) in [6.45, 7) is 6.89. The van der Waals surface area contributed by atoms with Gasteiger partial charge in [-0.2, -0.15) is 8.75 Å². The van der Waals surface area contributed by atoms with Crippen LogP contribution in [0.15, 0.2) is 54.6 Å². The van der Waals surface area contributed by atoms with Crippen molar-refractivity contribution in [3.05, 3.63) is 71.3 Å². The highest BCUT2D eigenvalue weighted by Crippen LogP contribution is 2.55. The highest BCUT2D eigenvalue weighted by Gasteiger charge is 2.42. The third-order valence-electron chi connectivity index (χ3n) is 9.03. The monoisotopic (exact) mass is 538 g/mol. The van der Waals surface area contributed by atoms with E-state index < -0.39 is 0 Å². The number of aryl methyl sites for hydroxylation is 1. The van der Waals surface area contributed by atoms with Gasteiger partial charge in [0.1, 0.15) is 11.0 Å². The number of aromatic nitrogens is 2. The Hall–Kier alpha value is -2.52. The molecule has 3 heteroatoms. The molecule has 5 rings (SSSR count). The summed E-state index contributed by atoms with van der Waals surface area (Å²) >= 11 is 1.32. The summed E-state index contributed by atoms with van der Waals surface area (Å²) in [5.74, 6) is 0. The molecule has 2 nitrogen and oxygen atoms in total. The summed E-state index contributed by atoms with van der Waals surface area (Å²) in [6.07, 6.45) is 18.7. The molecule has 0 atom stereocenters. The van der Waals surface area contributed by atoms with Crippen LogP contribution in [0.3, 0.4) is 0 Å². The van der Waals surface area contributed by atoms with Crippen molar-refractivity contribution in [2.75, 3.05) is 0 Å². The fraction of sp³-hybridized carbons (Fsp3) is 0.500. The summed E-state index contributed by atoms with van der Waals surface area (Å²) < 4.78 is 9.20. The molecule has 0 saturated carbocycles. The van der Waals surface area contributed by atoms with Crippen molar-refractivity contribution in [2.45, 2.75) is 116 Å². The van der Waals surface area contributed by atoms with Crippen LogP contribution in [0, 0.1) is 6.92 Å². The molecule has 0 spiro atoms. The quantitative estimate of drug-likeness (QED) is 0.141. The van der Waals surface area contributed by atoms with E-state index >= 15 is 0 Å². The van der Waals surface area contributed by atoms with E-state index in [2.05, 4.69) is 84.1 Å². The van der Waals surface area contributed by atoms with Gasteiger partial charge >= 0.3 is 0 Å². The average molecular weight is 539 g/mol. The Morgan fingerprint density at radius 3 is 1.92 bits per heavy atom. The van der Waals surface area contributed by atoms with Crippen molar-refractivity contribution in [1.29, 1.82) is 0 Å². The van der Waals surface area contributed by atoms with Crippen LogP contribution < -0.4 is 0 Å². The number of benzene rings is 3. The first-order valence-corrected chi connectivity index (χ1v) is 16.4. The summed E-state index contributed by atoms with van der Waals surface area (Å²) in [5, 5.41) is 0. The second-order valence-electron chi connectivity index (χ2n) is 11.9. The van der Waals surface area contributed by atoms with Crippen LogP contribution in [-0.2, 0) is 5.41 Å². The second kappa shape index (κ2) is 13.2. The molecule has 0 N–H and O–H groups in total. The summed E-state index contributed by atoms with van der Waals surface area (Å²) in [5.41, 5.74) is 12.1. The molecule has 1 aliphatic rings. The van der Waals surface area contributed by atoms with Gasteiger partial charge in [0, 0.05) is 11.0 Å². The number of unbranched alkanes of at least 4 members (excludes halogenated alkanes) is 10. The Balaban J connectivity index is 1.53. The highest BCUT2D eigenvalue weighted by molar-refractivity contribution is 7.00. The van der Waals surface area contributed by atoms with Gasteiger partial charge in [-0.15, -0.1) is 0 Å². The predicted octanol–water partition coefficient (Wildman–Crippen LogP) is 11.4. The van der Waals surface area contributed by atoms with Crippen LogP contribution in [0.5, 0.6) is 0 Å². The Labute approximate surface area is 240 Å². The summed E-state index contributed by atoms with van der Waals surface area (Å²) in [4.78, 5) is 0. The first-order chi connectivity index (χ1) is 19.2. The van der Waals surface area contributed by atoms with Crippen molar-refractivity contribution in [3.63, 3.8) is 0 Å². The third kappa shape index (κ3) is 5.99. The molecule has 3 aromatic carbocycles. The molecule has 0 saturated heterocycles. The Bertz CT molecular complexity index is 1350. The van der Waals surface area contributed by atoms with Crippen LogP contribution in [-0.4, -0.2) is 8.75 Å². The largest absolute Gasteiger partial charge is 0.173 e. The molecule has 0 aliphatic heterocycles. The fourth-order valence-corrected chi connectivity index (χ4v) is 7.44. The Morgan fingerprint density at radius 2 is 1.23 bits per heavy atom. The fourth-order valence-electron chi connectivity index (χ4n) is 6.89. The zero-order valence-corrected chi connectivity index (χ0v) is 25.2. The maximum absolute atomic E-state index is 4.68. The molecule has 1 aliphatic carbocycles. The molecule has 4 aromatic rings. The zero-order chi connectivity index (χ0) is 27.1. The van der Waals surface area contributed by atoms with Crippen molar-refractivity contribution >= 4 is 22.8 Å². The SMILES string of the molecule is CCCCCCCCC1(CCCCCCCC)c2cc(C)ccc2-c2ccc(-c3cccc4nsnc34)cc21. The molecule has 0 radical (unpaired) electrons. The highest BCUT2D eigenvalue weighted by atomic mass is 32.1. The molecule has 206 valence electrons. The van der Waals surface area contributed by atoms with E-state index in [1.54, 1.807) is 11.1 Å². The van der Waals surface area contributed by atoms with Crippen LogP contribution in [0.25, 0.3) is 33.3 Å². The number of hydrogen-bond acceptors (Lipinski definition) is 3. The molecule has 0 bridgehead atoms. The van der Waals surface area contributed by atoms with Gasteiger partial charge in [-0.3, -0.25) is 0 Å². The predicted molar refractivity (Wildman–Crippen MR) is 170 cm³/mol. The Kier molecular flexibility index (Phi) is 9.50. The summed E-state index contributed by atoms with van der Waals surface area (Å²) in [7, 11) is 0. The first-order valence-electron chi connectivity index (χ1n) is 15.7. The van der Waals surface area contributed by atoms with Gasteiger partial charge in [0.25, 0.3) is 0 Å². The van der Waals surface area contributed by atoms with E-state index in [0.717, 1.165) is 11.0 Å². The number of nitrogens with zero attached hydrogens (tertiary/aromatic N) is 2. The lowest BCUT2D eigenvalue weighted by atomic mass is 9.70. The first kappa shape index (κ1) is 28.0. The van der Waals surface area contributed by atoms with E-state index in [-0.39, 0.29) is 5.41 Å². The minimum absolute atomic E-state index is 0.108. The van der Waals surface area contributed by atoms with Gasteiger partial charge in [-0.1, -0.05) is 139 Å². The minimum atomic E-state index is 0.108. The van der Waals surface area contributed by atoms with Crippen molar-refractivity contribution in [1.82, 2.24) is 8.75 Å². The number of hydrogen-bond donors (Lipinski definition) is 0. The van der Waals surface area contributed by atoms with E-state index in [1.165, 1.54) is 129 Å². The second-order valence-corrected chi connectivity index (χ2v) is 12.4. The van der Waals surface area contributed by atoms with Crippen LogP contribution >= 0.6 is 11.7 Å². The maximum atomic E-state index is 4.68. The Morgan fingerprint density at radius 1 is 0.615 bits per heavy atom. The van der Waals surface area contributed by atoms with Crippen molar-refractivity contribution < 1.29 is 0 Å². The molecular formula is C36H46N2S. The van der Waals surface area contributed by atoms with E-state index in [9.17, 15) is 0 Å². The molecule has 1 aromatic heterocycles. The van der Waals surface area contributed by atoms with E-state index in [1.807, 2.05) is 0 Å². The molecule has 0 amide bonds. The van der Waals surface area contributed by atoms with Gasteiger partial charge in [-0.25, -0.2) is 0 Å².